The first-order valence-corrected chi connectivity index (χ1v) is 6.78. The van der Waals surface area contributed by atoms with E-state index in [1.807, 2.05) is 0 Å². The van der Waals surface area contributed by atoms with Gasteiger partial charge in [-0.1, -0.05) is 50.0 Å². The monoisotopic (exact) mass is 204 g/mol. The van der Waals surface area contributed by atoms with Crippen molar-refractivity contribution >= 4 is 0 Å². The molecule has 0 atom stereocenters. The minimum absolute atomic E-state index is 0.882. The quantitative estimate of drug-likeness (QED) is 0.494. The molecule has 0 aliphatic heterocycles. The van der Waals surface area contributed by atoms with Crippen LogP contribution in [0.3, 0.4) is 0 Å². The zero-order chi connectivity index (χ0) is 10.3. The number of fused-ring (bicyclic) bond motifs is 8. The Morgan fingerprint density at radius 2 is 1.00 bits per heavy atom. The van der Waals surface area contributed by atoms with Gasteiger partial charge in [-0.3, -0.25) is 0 Å². The molecule has 3 aliphatic carbocycles. The van der Waals surface area contributed by atoms with E-state index < -0.39 is 0 Å². The molecule has 3 aliphatic rings. The predicted octanol–water partition coefficient (Wildman–Crippen LogP) is 4.87. The first-order valence-electron chi connectivity index (χ1n) is 6.78. The van der Waals surface area contributed by atoms with Crippen molar-refractivity contribution in [3.63, 3.8) is 0 Å². The molecule has 2 bridgehead atoms. The fourth-order valence-electron chi connectivity index (χ4n) is 2.92. The van der Waals surface area contributed by atoms with Gasteiger partial charge in [-0.15, -0.1) is 0 Å². The highest BCUT2D eigenvalue weighted by Gasteiger charge is 2.11. The summed E-state index contributed by atoms with van der Waals surface area (Å²) in [5, 5.41) is 0. The van der Waals surface area contributed by atoms with E-state index in [4.69, 9.17) is 0 Å². The van der Waals surface area contributed by atoms with Crippen LogP contribution in [0.5, 0.6) is 0 Å². The van der Waals surface area contributed by atoms with Crippen molar-refractivity contribution in [2.45, 2.75) is 57.8 Å². The molecule has 0 aromatic heterocycles. The lowest BCUT2D eigenvalue weighted by Gasteiger charge is -2.18. The number of hydrogen-bond acceptors (Lipinski definition) is 0. The molecule has 0 N–H and O–H groups in total. The maximum Gasteiger partial charge on any atom is -0.0169 e. The molecule has 0 amide bonds. The Bertz CT molecular complexity index is 188. The highest BCUT2D eigenvalue weighted by Crippen LogP contribution is 2.26. The molecule has 84 valence electrons. The van der Waals surface area contributed by atoms with Crippen LogP contribution in [0.1, 0.15) is 57.8 Å². The van der Waals surface area contributed by atoms with Gasteiger partial charge in [-0.25, -0.2) is 0 Å². The van der Waals surface area contributed by atoms with E-state index in [0.717, 1.165) is 18.3 Å². The summed E-state index contributed by atoms with van der Waals surface area (Å²) < 4.78 is 0. The third-order valence-electron chi connectivity index (χ3n) is 3.89. The SMILES string of the molecule is C1=C\C2CCCCC(/C=C/C/1)CCCC2. The Kier molecular flexibility index (Phi) is 4.50. The molecule has 1 fully saturated rings. The fraction of sp³-hybridized carbons (Fsp3) is 0.733. The van der Waals surface area contributed by atoms with Crippen molar-refractivity contribution in [2.24, 2.45) is 11.8 Å². The molecule has 0 aromatic carbocycles. The van der Waals surface area contributed by atoms with E-state index >= 15 is 0 Å². The van der Waals surface area contributed by atoms with Crippen LogP contribution in [0.2, 0.25) is 0 Å². The molecule has 1 saturated carbocycles. The molecule has 0 heterocycles. The summed E-state index contributed by atoms with van der Waals surface area (Å²) in [6, 6.07) is 0. The van der Waals surface area contributed by atoms with Crippen LogP contribution in [0.25, 0.3) is 0 Å². The highest BCUT2D eigenvalue weighted by atomic mass is 14.2. The minimum atomic E-state index is 0.882. The van der Waals surface area contributed by atoms with Crippen LogP contribution in [-0.4, -0.2) is 0 Å². The van der Waals surface area contributed by atoms with Crippen molar-refractivity contribution in [2.75, 3.05) is 0 Å². The average molecular weight is 204 g/mol. The van der Waals surface area contributed by atoms with Crippen LogP contribution in [-0.2, 0) is 0 Å². The lowest BCUT2D eigenvalue weighted by molar-refractivity contribution is 0.407. The highest BCUT2D eigenvalue weighted by molar-refractivity contribution is 4.99. The Hall–Kier alpha value is -0.520. The van der Waals surface area contributed by atoms with Crippen LogP contribution in [0.4, 0.5) is 0 Å². The normalized spacial score (nSPS) is 37.3. The zero-order valence-corrected chi connectivity index (χ0v) is 9.83. The zero-order valence-electron chi connectivity index (χ0n) is 9.83. The Balaban J connectivity index is 2.06. The Morgan fingerprint density at radius 1 is 0.600 bits per heavy atom. The van der Waals surface area contributed by atoms with Gasteiger partial charge < -0.3 is 0 Å². The van der Waals surface area contributed by atoms with E-state index in [2.05, 4.69) is 24.3 Å². The summed E-state index contributed by atoms with van der Waals surface area (Å²) in [7, 11) is 0. The molecule has 15 heavy (non-hydrogen) atoms. The van der Waals surface area contributed by atoms with Crippen molar-refractivity contribution in [1.82, 2.24) is 0 Å². The first kappa shape index (κ1) is 11.0. The van der Waals surface area contributed by atoms with E-state index in [-0.39, 0.29) is 0 Å². The van der Waals surface area contributed by atoms with Crippen molar-refractivity contribution in [3.8, 4) is 0 Å². The van der Waals surface area contributed by atoms with E-state index in [1.54, 1.807) is 0 Å². The second-order valence-corrected chi connectivity index (χ2v) is 5.18. The summed E-state index contributed by atoms with van der Waals surface area (Å²) in [6.07, 6.45) is 22.4. The molecule has 0 saturated heterocycles. The van der Waals surface area contributed by atoms with Gasteiger partial charge in [0.25, 0.3) is 0 Å². The fourth-order valence-corrected chi connectivity index (χ4v) is 2.92. The number of hydrogen-bond donors (Lipinski definition) is 0. The Labute approximate surface area is 94.5 Å². The summed E-state index contributed by atoms with van der Waals surface area (Å²) in [5.74, 6) is 1.76. The van der Waals surface area contributed by atoms with E-state index in [9.17, 15) is 0 Å². The number of rotatable bonds is 0. The summed E-state index contributed by atoms with van der Waals surface area (Å²) in [4.78, 5) is 0. The molecule has 0 radical (unpaired) electrons. The third kappa shape index (κ3) is 3.85. The number of allylic oxidation sites excluding steroid dienone is 4. The lowest BCUT2D eigenvalue weighted by atomic mass is 9.88. The van der Waals surface area contributed by atoms with Gasteiger partial charge in [-0.05, 0) is 43.9 Å². The standard InChI is InChI=1S/C15H24/c1-2-8-14-10-4-6-12-15(9-3-1)13-7-5-11-14/h2-3,8-9,14-15H,1,4-7,10-13H2/b8-2-,9-3+. The molecule has 0 unspecified atom stereocenters. The van der Waals surface area contributed by atoms with Gasteiger partial charge >= 0.3 is 0 Å². The van der Waals surface area contributed by atoms with Crippen LogP contribution in [0.15, 0.2) is 24.3 Å². The maximum absolute atomic E-state index is 2.48. The van der Waals surface area contributed by atoms with Gasteiger partial charge in [-0.2, -0.15) is 0 Å². The average Bonchev–Trinajstić information content (AvgIpc) is 2.34. The molecule has 3 rings (SSSR count). The molecule has 0 spiro atoms. The van der Waals surface area contributed by atoms with Gasteiger partial charge in [0, 0.05) is 0 Å². The van der Waals surface area contributed by atoms with Crippen LogP contribution >= 0.6 is 0 Å². The minimum Gasteiger partial charge on any atom is -0.0851 e. The van der Waals surface area contributed by atoms with Gasteiger partial charge in [0.15, 0.2) is 0 Å². The van der Waals surface area contributed by atoms with Crippen molar-refractivity contribution < 1.29 is 0 Å². The molecule has 0 aromatic rings. The van der Waals surface area contributed by atoms with Gasteiger partial charge in [0.1, 0.15) is 0 Å². The van der Waals surface area contributed by atoms with Crippen molar-refractivity contribution in [3.05, 3.63) is 24.3 Å². The molecular weight excluding hydrogens is 180 g/mol. The molecule has 0 heteroatoms. The van der Waals surface area contributed by atoms with Crippen molar-refractivity contribution in [1.29, 1.82) is 0 Å². The largest absolute Gasteiger partial charge is 0.0851 e. The second-order valence-electron chi connectivity index (χ2n) is 5.18. The van der Waals surface area contributed by atoms with Gasteiger partial charge in [0.2, 0.25) is 0 Å². The van der Waals surface area contributed by atoms with Crippen LogP contribution in [0, 0.1) is 11.8 Å². The summed E-state index contributed by atoms with van der Waals surface area (Å²) in [6.45, 7) is 0. The topological polar surface area (TPSA) is 0 Å². The Morgan fingerprint density at radius 3 is 1.40 bits per heavy atom. The summed E-state index contributed by atoms with van der Waals surface area (Å²) in [5.41, 5.74) is 0. The maximum atomic E-state index is 2.48. The van der Waals surface area contributed by atoms with E-state index in [0.29, 0.717) is 0 Å². The van der Waals surface area contributed by atoms with E-state index in [1.165, 1.54) is 51.4 Å². The summed E-state index contributed by atoms with van der Waals surface area (Å²) >= 11 is 0. The first-order chi connectivity index (χ1) is 7.45. The third-order valence-corrected chi connectivity index (χ3v) is 3.89. The smallest absolute Gasteiger partial charge is 0.0169 e. The lowest BCUT2D eigenvalue weighted by Crippen LogP contribution is -2.03. The molecule has 0 nitrogen and oxygen atoms in total. The van der Waals surface area contributed by atoms with Crippen LogP contribution < -0.4 is 0 Å². The van der Waals surface area contributed by atoms with Gasteiger partial charge in [0.05, 0.1) is 0 Å². The second kappa shape index (κ2) is 6.15. The predicted molar refractivity (Wildman–Crippen MR) is 66.8 cm³/mol. The molecular formula is C15H24.